The molecule has 8 heteroatoms. The number of rotatable bonds is 4. The van der Waals surface area contributed by atoms with Crippen LogP contribution in [-0.2, 0) is 14.6 Å². The van der Waals surface area contributed by atoms with Gasteiger partial charge in [-0.05, 0) is 36.4 Å². The fourth-order valence-electron chi connectivity index (χ4n) is 2.86. The van der Waals surface area contributed by atoms with Crippen LogP contribution < -0.4 is 10.2 Å². The van der Waals surface area contributed by atoms with Crippen LogP contribution in [0.3, 0.4) is 0 Å². The fraction of sp³-hybridized carbons (Fsp3) is 0.263. The van der Waals surface area contributed by atoms with Gasteiger partial charge in [0.25, 0.3) is 5.91 Å². The molecular weight excluding hydrogens is 368 g/mol. The molecule has 1 aliphatic heterocycles. The number of hydrogen-bond acceptors (Lipinski definition) is 6. The maximum atomic E-state index is 12.5. The zero-order chi connectivity index (χ0) is 19.4. The van der Waals surface area contributed by atoms with Gasteiger partial charge in [0.1, 0.15) is 0 Å². The molecule has 0 radical (unpaired) electrons. The largest absolute Gasteiger partial charge is 0.465 e. The summed E-state index contributed by atoms with van der Waals surface area (Å²) in [6, 6.07) is 13.5. The van der Waals surface area contributed by atoms with Crippen molar-refractivity contribution in [3.63, 3.8) is 0 Å². The van der Waals surface area contributed by atoms with Gasteiger partial charge >= 0.3 is 5.97 Å². The minimum Gasteiger partial charge on any atom is -0.465 e. The molecule has 1 saturated heterocycles. The lowest BCUT2D eigenvalue weighted by molar-refractivity contribution is 0.0600. The Hall–Kier alpha value is -2.87. The lowest BCUT2D eigenvalue weighted by atomic mass is 10.1. The molecule has 0 unspecified atom stereocenters. The first-order valence-electron chi connectivity index (χ1n) is 8.43. The third kappa shape index (κ3) is 4.65. The molecule has 0 aliphatic carbocycles. The number of benzene rings is 2. The van der Waals surface area contributed by atoms with Gasteiger partial charge in [-0.25, -0.2) is 13.2 Å². The first-order chi connectivity index (χ1) is 12.9. The maximum Gasteiger partial charge on any atom is 0.337 e. The molecule has 2 aromatic carbocycles. The van der Waals surface area contributed by atoms with Crippen molar-refractivity contribution < 1.29 is 22.7 Å². The number of nitrogens with zero attached hydrogens (tertiary/aromatic N) is 1. The van der Waals surface area contributed by atoms with Gasteiger partial charge in [-0.3, -0.25) is 4.79 Å². The van der Waals surface area contributed by atoms with E-state index in [1.807, 2.05) is 11.0 Å². The average Bonchev–Trinajstić information content (AvgIpc) is 2.67. The Morgan fingerprint density at radius 3 is 2.37 bits per heavy atom. The molecule has 0 aromatic heterocycles. The number of methoxy groups -OCH3 is 1. The van der Waals surface area contributed by atoms with Crippen molar-refractivity contribution >= 4 is 33.1 Å². The van der Waals surface area contributed by atoms with E-state index in [1.165, 1.54) is 13.2 Å². The van der Waals surface area contributed by atoms with Gasteiger partial charge in [0, 0.05) is 30.0 Å². The van der Waals surface area contributed by atoms with Crippen molar-refractivity contribution in [2.75, 3.05) is 41.9 Å². The number of carbonyl (C=O) groups is 2. The van der Waals surface area contributed by atoms with Gasteiger partial charge < -0.3 is 15.0 Å². The second-order valence-electron chi connectivity index (χ2n) is 6.22. The average molecular weight is 388 g/mol. The van der Waals surface area contributed by atoms with Crippen molar-refractivity contribution in [3.05, 3.63) is 59.7 Å². The smallest absolute Gasteiger partial charge is 0.337 e. The molecule has 0 saturated carbocycles. The highest BCUT2D eigenvalue weighted by atomic mass is 32.2. The van der Waals surface area contributed by atoms with E-state index in [2.05, 4.69) is 10.1 Å². The number of anilines is 2. The summed E-state index contributed by atoms with van der Waals surface area (Å²) in [7, 11) is -1.67. The Labute approximate surface area is 157 Å². The highest BCUT2D eigenvalue weighted by Crippen LogP contribution is 2.22. The van der Waals surface area contributed by atoms with Crippen LogP contribution in [0.2, 0.25) is 0 Å². The molecule has 0 atom stereocenters. The summed E-state index contributed by atoms with van der Waals surface area (Å²) in [6.07, 6.45) is 0. The first-order valence-corrected chi connectivity index (χ1v) is 10.3. The van der Waals surface area contributed by atoms with Crippen LogP contribution in [0.4, 0.5) is 11.4 Å². The maximum absolute atomic E-state index is 12.5. The summed E-state index contributed by atoms with van der Waals surface area (Å²) in [5.74, 6) is -0.598. The zero-order valence-corrected chi connectivity index (χ0v) is 15.7. The van der Waals surface area contributed by atoms with Crippen molar-refractivity contribution in [3.8, 4) is 0 Å². The summed E-state index contributed by atoms with van der Waals surface area (Å²) >= 11 is 0. The molecule has 1 heterocycles. The Morgan fingerprint density at radius 1 is 1.00 bits per heavy atom. The van der Waals surface area contributed by atoms with E-state index in [4.69, 9.17) is 0 Å². The van der Waals surface area contributed by atoms with Gasteiger partial charge in [-0.1, -0.05) is 12.1 Å². The predicted octanol–water partition coefficient (Wildman–Crippen LogP) is 1.96. The highest BCUT2D eigenvalue weighted by Gasteiger charge is 2.22. The number of ether oxygens (including phenoxy) is 1. The summed E-state index contributed by atoms with van der Waals surface area (Å²) in [6.45, 7) is 0.863. The van der Waals surface area contributed by atoms with Gasteiger partial charge in [0.15, 0.2) is 9.84 Å². The summed E-state index contributed by atoms with van der Waals surface area (Å²) < 4.78 is 27.8. The van der Waals surface area contributed by atoms with Crippen LogP contribution in [0.1, 0.15) is 20.7 Å². The molecule has 142 valence electrons. The molecular formula is C19H20N2O5S. The van der Waals surface area contributed by atoms with Crippen LogP contribution in [0.25, 0.3) is 0 Å². The second kappa shape index (κ2) is 7.79. The van der Waals surface area contributed by atoms with Crippen LogP contribution in [0.15, 0.2) is 48.5 Å². The number of sulfone groups is 1. The van der Waals surface area contributed by atoms with Crippen molar-refractivity contribution in [2.24, 2.45) is 0 Å². The molecule has 1 amide bonds. The topological polar surface area (TPSA) is 92.8 Å². The number of esters is 1. The second-order valence-corrected chi connectivity index (χ2v) is 8.52. The molecule has 3 rings (SSSR count). The van der Waals surface area contributed by atoms with E-state index in [9.17, 15) is 18.0 Å². The molecule has 2 aromatic rings. The van der Waals surface area contributed by atoms with E-state index in [-0.39, 0.29) is 17.4 Å². The number of hydrogen-bond donors (Lipinski definition) is 1. The Balaban J connectivity index is 1.73. The molecule has 0 spiro atoms. The third-order valence-corrected chi connectivity index (χ3v) is 5.97. The monoisotopic (exact) mass is 388 g/mol. The standard InChI is InChI=1S/C19H20N2O5S/c1-26-19(23)15-5-2-4-14(12-15)18(22)20-16-6-3-7-17(13-16)21-8-10-27(24,25)11-9-21/h2-7,12-13H,8-11H2,1H3,(H,20,22). The molecule has 1 aliphatic rings. The van der Waals surface area contributed by atoms with E-state index < -0.39 is 15.8 Å². The van der Waals surface area contributed by atoms with E-state index in [1.54, 1.807) is 36.4 Å². The van der Waals surface area contributed by atoms with Gasteiger partial charge in [-0.2, -0.15) is 0 Å². The Kier molecular flexibility index (Phi) is 5.46. The minimum atomic E-state index is -2.95. The zero-order valence-electron chi connectivity index (χ0n) is 14.8. The van der Waals surface area contributed by atoms with Gasteiger partial charge in [0.05, 0.1) is 24.2 Å². The van der Waals surface area contributed by atoms with Gasteiger partial charge in [0.2, 0.25) is 0 Å². The molecule has 27 heavy (non-hydrogen) atoms. The number of carbonyl (C=O) groups excluding carboxylic acids is 2. The van der Waals surface area contributed by atoms with Crippen LogP contribution in [0, 0.1) is 0 Å². The number of amides is 1. The van der Waals surface area contributed by atoms with Gasteiger partial charge in [-0.15, -0.1) is 0 Å². The summed E-state index contributed by atoms with van der Waals surface area (Å²) in [4.78, 5) is 26.1. The molecule has 0 bridgehead atoms. The lowest BCUT2D eigenvalue weighted by Gasteiger charge is -2.29. The first kappa shape index (κ1) is 18.9. The van der Waals surface area contributed by atoms with E-state index in [0.717, 1.165) is 5.69 Å². The van der Waals surface area contributed by atoms with Crippen molar-refractivity contribution in [2.45, 2.75) is 0 Å². The van der Waals surface area contributed by atoms with E-state index >= 15 is 0 Å². The Bertz CT molecular complexity index is 958. The SMILES string of the molecule is COC(=O)c1cccc(C(=O)Nc2cccc(N3CCS(=O)(=O)CC3)c2)c1. The molecule has 7 nitrogen and oxygen atoms in total. The summed E-state index contributed by atoms with van der Waals surface area (Å²) in [5, 5.41) is 2.80. The fourth-order valence-corrected chi connectivity index (χ4v) is 4.06. The third-order valence-electron chi connectivity index (χ3n) is 4.36. The lowest BCUT2D eigenvalue weighted by Crippen LogP contribution is -2.40. The molecule has 1 fully saturated rings. The quantitative estimate of drug-likeness (QED) is 0.805. The Morgan fingerprint density at radius 2 is 1.67 bits per heavy atom. The summed E-state index contributed by atoms with van der Waals surface area (Å²) in [5.41, 5.74) is 2.08. The minimum absolute atomic E-state index is 0.129. The normalized spacial score (nSPS) is 15.8. The predicted molar refractivity (Wildman–Crippen MR) is 103 cm³/mol. The highest BCUT2D eigenvalue weighted by molar-refractivity contribution is 7.91. The van der Waals surface area contributed by atoms with E-state index in [0.29, 0.717) is 29.9 Å². The number of nitrogens with one attached hydrogen (secondary N) is 1. The van der Waals surface area contributed by atoms with Crippen LogP contribution in [0.5, 0.6) is 0 Å². The molecule has 1 N–H and O–H groups in total. The van der Waals surface area contributed by atoms with Crippen LogP contribution >= 0.6 is 0 Å². The van der Waals surface area contributed by atoms with Crippen molar-refractivity contribution in [1.29, 1.82) is 0 Å². The van der Waals surface area contributed by atoms with Crippen molar-refractivity contribution in [1.82, 2.24) is 0 Å². The van der Waals surface area contributed by atoms with Crippen LogP contribution in [-0.4, -0.2) is 52.0 Å².